The van der Waals surface area contributed by atoms with Crippen molar-refractivity contribution in [1.82, 2.24) is 0 Å². The Morgan fingerprint density at radius 3 is 2.47 bits per heavy atom. The van der Waals surface area contributed by atoms with Crippen LogP contribution < -0.4 is 0 Å². The van der Waals surface area contributed by atoms with E-state index in [1.54, 1.807) is 0 Å². The van der Waals surface area contributed by atoms with Gasteiger partial charge in [-0.1, -0.05) is 115 Å². The maximum Gasteiger partial charge on any atom is 0.535 e. The summed E-state index contributed by atoms with van der Waals surface area (Å²) in [4.78, 5) is 17.9. The van der Waals surface area contributed by atoms with E-state index in [1.807, 2.05) is 6.92 Å². The van der Waals surface area contributed by atoms with E-state index in [0.717, 1.165) is 66.8 Å². The lowest BCUT2D eigenvalue weighted by atomic mass is 9.47. The molecule has 4 heteroatoms. The van der Waals surface area contributed by atoms with Crippen LogP contribution in [0.4, 0.5) is 4.79 Å². The summed E-state index contributed by atoms with van der Waals surface area (Å²) in [5.41, 5.74) is 5.28. The maximum absolute atomic E-state index is 12.7. The van der Waals surface area contributed by atoms with E-state index in [1.165, 1.54) is 81.8 Å². The minimum Gasteiger partial charge on any atom is -0.429 e. The van der Waals surface area contributed by atoms with Gasteiger partial charge in [0.2, 0.25) is 0 Å². The first-order chi connectivity index (χ1) is 21.5. The average molecular weight is 618 g/mol. The molecule has 45 heavy (non-hydrogen) atoms. The van der Waals surface area contributed by atoms with Crippen LogP contribution in [0.5, 0.6) is 0 Å². The lowest BCUT2D eigenvalue weighted by Gasteiger charge is -2.58. The number of hydrogen-bond donors (Lipinski definition) is 0. The summed E-state index contributed by atoms with van der Waals surface area (Å²) in [6.07, 6.45) is 20.4. The fourth-order valence-corrected chi connectivity index (χ4v) is 10.6. The lowest BCUT2D eigenvalue weighted by molar-refractivity contribution is -0.0616. The van der Waals surface area contributed by atoms with Crippen molar-refractivity contribution in [1.29, 1.82) is 0 Å². The van der Waals surface area contributed by atoms with Crippen molar-refractivity contribution in [2.75, 3.05) is 0 Å². The predicted molar refractivity (Wildman–Crippen MR) is 186 cm³/mol. The first-order valence-electron chi connectivity index (χ1n) is 18.8. The van der Waals surface area contributed by atoms with Crippen LogP contribution in [0.2, 0.25) is 0 Å². The van der Waals surface area contributed by atoms with Gasteiger partial charge in [-0.2, -0.15) is 0 Å². The first-order valence-corrected chi connectivity index (χ1v) is 18.8. The van der Waals surface area contributed by atoms with Crippen molar-refractivity contribution in [2.24, 2.45) is 51.5 Å². The Morgan fingerprint density at radius 2 is 1.73 bits per heavy atom. The molecular weight excluding hydrogens is 554 g/mol. The van der Waals surface area contributed by atoms with Gasteiger partial charge in [0.15, 0.2) is 0 Å². The summed E-state index contributed by atoms with van der Waals surface area (Å²) in [5.74, 6) is 5.01. The second kappa shape index (κ2) is 14.8. The Hall–Kier alpha value is -2.10. The van der Waals surface area contributed by atoms with E-state index in [0.29, 0.717) is 11.1 Å². The average Bonchev–Trinajstić information content (AvgIpc) is 3.37. The Bertz CT molecular complexity index is 1200. The highest BCUT2D eigenvalue weighted by Gasteiger charge is 2.59. The van der Waals surface area contributed by atoms with Gasteiger partial charge < -0.3 is 4.74 Å². The van der Waals surface area contributed by atoms with Crippen LogP contribution in [0.1, 0.15) is 149 Å². The number of rotatable bonds is 12. The summed E-state index contributed by atoms with van der Waals surface area (Å²) in [7, 11) is 0. The number of oxime groups is 1. The van der Waals surface area contributed by atoms with Crippen molar-refractivity contribution in [3.8, 4) is 0 Å². The number of carbonyl (C=O) groups is 1. The standard InChI is InChI=1S/C41H63NO3/c1-8-9-10-14-31-15-17-32(18-16-31)30(5)42-45-39(43)44-34-23-25-40(6)33(27-34)19-20-35-37-22-21-36(29(4)13-11-12-28(2)3)41(37,7)26-24-38(35)40/h15-19,28-29,34-38H,8-14,20-27H2,1-7H3/b42-30-/t29-,34+,35-,36+,37-,38-,40+,41+/m1/s1. The second-order valence-electron chi connectivity index (χ2n) is 16.4. The summed E-state index contributed by atoms with van der Waals surface area (Å²) < 4.78 is 5.85. The van der Waals surface area contributed by atoms with E-state index in [2.05, 4.69) is 77.0 Å². The number of allylic oxidation sites excluding steroid dienone is 1. The van der Waals surface area contributed by atoms with E-state index >= 15 is 0 Å². The normalized spacial score (nSPS) is 33.6. The van der Waals surface area contributed by atoms with Crippen LogP contribution in [-0.4, -0.2) is 18.0 Å². The number of ether oxygens (including phenoxy) is 1. The van der Waals surface area contributed by atoms with Gasteiger partial charge in [0.05, 0.1) is 5.71 Å². The number of benzene rings is 1. The molecule has 0 bridgehead atoms. The van der Waals surface area contributed by atoms with Gasteiger partial charge in [-0.05, 0) is 122 Å². The molecule has 0 radical (unpaired) electrons. The van der Waals surface area contributed by atoms with Gasteiger partial charge in [0.1, 0.15) is 6.10 Å². The van der Waals surface area contributed by atoms with Gasteiger partial charge in [0.25, 0.3) is 0 Å². The summed E-state index contributed by atoms with van der Waals surface area (Å²) in [5, 5.41) is 4.12. The van der Waals surface area contributed by atoms with Gasteiger partial charge in [-0.15, -0.1) is 0 Å². The zero-order valence-corrected chi connectivity index (χ0v) is 29.7. The van der Waals surface area contributed by atoms with Crippen molar-refractivity contribution >= 4 is 11.9 Å². The molecule has 0 unspecified atom stereocenters. The molecule has 1 aromatic carbocycles. The Kier molecular flexibility index (Phi) is 11.2. The van der Waals surface area contributed by atoms with Crippen LogP contribution in [0, 0.1) is 46.3 Å². The molecule has 250 valence electrons. The summed E-state index contributed by atoms with van der Waals surface area (Å²) in [6, 6.07) is 8.43. The summed E-state index contributed by atoms with van der Waals surface area (Å²) >= 11 is 0. The number of aryl methyl sites for hydroxylation is 1. The molecule has 0 amide bonds. The van der Waals surface area contributed by atoms with Crippen LogP contribution >= 0.6 is 0 Å². The number of carbonyl (C=O) groups excluding carboxylic acids is 1. The molecule has 8 atom stereocenters. The quantitative estimate of drug-likeness (QED) is 0.0585. The van der Waals surface area contributed by atoms with Gasteiger partial charge in [-0.25, -0.2) is 4.79 Å². The highest BCUT2D eigenvalue weighted by Crippen LogP contribution is 2.67. The monoisotopic (exact) mass is 617 g/mol. The molecule has 0 aliphatic heterocycles. The Balaban J connectivity index is 1.14. The molecule has 4 aliphatic carbocycles. The molecule has 0 heterocycles. The highest BCUT2D eigenvalue weighted by molar-refractivity contribution is 5.98. The molecule has 3 fully saturated rings. The Morgan fingerprint density at radius 1 is 0.956 bits per heavy atom. The van der Waals surface area contributed by atoms with Crippen LogP contribution in [0.3, 0.4) is 0 Å². The predicted octanol–water partition coefficient (Wildman–Crippen LogP) is 11.7. The zero-order valence-electron chi connectivity index (χ0n) is 29.7. The van der Waals surface area contributed by atoms with E-state index in [4.69, 9.17) is 9.57 Å². The summed E-state index contributed by atoms with van der Waals surface area (Å²) in [6.45, 7) is 16.6. The van der Waals surface area contributed by atoms with Crippen molar-refractivity contribution in [3.05, 3.63) is 47.0 Å². The minimum atomic E-state index is -0.679. The fraction of sp³-hybridized carbons (Fsp3) is 0.756. The molecular formula is C41H63NO3. The van der Waals surface area contributed by atoms with E-state index in [9.17, 15) is 4.79 Å². The molecule has 3 saturated carbocycles. The lowest BCUT2D eigenvalue weighted by Crippen LogP contribution is -2.51. The van der Waals surface area contributed by atoms with Gasteiger partial charge in [-0.3, -0.25) is 4.84 Å². The first kappa shape index (κ1) is 34.2. The van der Waals surface area contributed by atoms with Gasteiger partial charge >= 0.3 is 6.16 Å². The second-order valence-corrected chi connectivity index (χ2v) is 16.4. The molecule has 1 aromatic rings. The minimum absolute atomic E-state index is 0.123. The molecule has 0 N–H and O–H groups in total. The number of fused-ring (bicyclic) bond motifs is 5. The van der Waals surface area contributed by atoms with Crippen LogP contribution in [-0.2, 0) is 16.0 Å². The third kappa shape index (κ3) is 7.57. The number of nitrogens with zero attached hydrogens (tertiary/aromatic N) is 1. The third-order valence-corrected chi connectivity index (χ3v) is 13.2. The molecule has 4 aliphatic rings. The fourth-order valence-electron chi connectivity index (χ4n) is 10.6. The number of unbranched alkanes of at least 4 members (excludes halogenated alkanes) is 2. The molecule has 5 rings (SSSR count). The van der Waals surface area contributed by atoms with Gasteiger partial charge in [0, 0.05) is 6.42 Å². The largest absolute Gasteiger partial charge is 0.535 e. The van der Waals surface area contributed by atoms with Crippen molar-refractivity contribution in [2.45, 2.75) is 151 Å². The smallest absolute Gasteiger partial charge is 0.429 e. The zero-order chi connectivity index (χ0) is 32.2. The topological polar surface area (TPSA) is 47.9 Å². The van der Waals surface area contributed by atoms with Crippen molar-refractivity contribution < 1.29 is 14.4 Å². The van der Waals surface area contributed by atoms with E-state index < -0.39 is 6.16 Å². The molecule has 4 nitrogen and oxygen atoms in total. The van der Waals surface area contributed by atoms with Crippen LogP contribution in [0.15, 0.2) is 41.1 Å². The third-order valence-electron chi connectivity index (χ3n) is 13.2. The molecule has 0 aromatic heterocycles. The molecule has 0 spiro atoms. The van der Waals surface area contributed by atoms with Crippen molar-refractivity contribution in [3.63, 3.8) is 0 Å². The van der Waals surface area contributed by atoms with E-state index in [-0.39, 0.29) is 11.5 Å². The Labute approximate surface area is 275 Å². The SMILES string of the molecule is CCCCCc1ccc(/C(C)=N\OC(=O)O[C@H]2CC[C@@]3(C)C(=CC[C@@H]4[C@H]5CC[C@@H]([C@H](C)CCCC(C)C)[C@]5(C)CC[C@H]43)C2)cc1. The maximum atomic E-state index is 12.7. The molecule has 0 saturated heterocycles. The highest BCUT2D eigenvalue weighted by atomic mass is 16.8. The number of hydrogen-bond acceptors (Lipinski definition) is 4. The van der Waals surface area contributed by atoms with Crippen LogP contribution in [0.25, 0.3) is 0 Å².